The van der Waals surface area contributed by atoms with E-state index in [1.54, 1.807) is 27.2 Å². The quantitative estimate of drug-likeness (QED) is 0.751. The first-order chi connectivity index (χ1) is 16.0. The molecule has 2 aromatic rings. The molecule has 6 nitrogen and oxygen atoms in total. The van der Waals surface area contributed by atoms with Crippen LogP contribution in [0.15, 0.2) is 60.9 Å². The molecular weight excluding hydrogens is 418 g/mol. The number of carbonyl (C=O) groups excluding carboxylic acids is 1. The number of hydrogen-bond acceptors (Lipinski definition) is 6. The van der Waals surface area contributed by atoms with E-state index in [-0.39, 0.29) is 35.9 Å². The van der Waals surface area contributed by atoms with Gasteiger partial charge < -0.3 is 24.2 Å². The van der Waals surface area contributed by atoms with Crippen LogP contribution in [0.4, 0.5) is 5.69 Å². The van der Waals surface area contributed by atoms with E-state index in [2.05, 4.69) is 4.90 Å². The second kappa shape index (κ2) is 10.4. The van der Waals surface area contributed by atoms with Crippen molar-refractivity contribution in [2.45, 2.75) is 45.0 Å². The van der Waals surface area contributed by atoms with Gasteiger partial charge in [-0.25, -0.2) is 0 Å². The van der Waals surface area contributed by atoms with Crippen LogP contribution in [0.3, 0.4) is 0 Å². The van der Waals surface area contributed by atoms with Crippen molar-refractivity contribution < 1.29 is 24.1 Å². The molecule has 6 heteroatoms. The Morgan fingerprint density at radius 1 is 1.06 bits per heavy atom. The van der Waals surface area contributed by atoms with Crippen molar-refractivity contribution in [1.82, 2.24) is 0 Å². The fourth-order valence-electron chi connectivity index (χ4n) is 4.92. The lowest BCUT2D eigenvalue weighted by molar-refractivity contribution is -0.140. The average molecular weight is 452 g/mol. The predicted molar refractivity (Wildman–Crippen MR) is 128 cm³/mol. The van der Waals surface area contributed by atoms with Crippen molar-refractivity contribution in [3.63, 3.8) is 0 Å². The van der Waals surface area contributed by atoms with E-state index in [0.29, 0.717) is 12.3 Å². The smallest absolute Gasteiger partial charge is 0.173 e. The van der Waals surface area contributed by atoms with E-state index >= 15 is 0 Å². The van der Waals surface area contributed by atoms with Crippen LogP contribution in [0.2, 0.25) is 0 Å². The van der Waals surface area contributed by atoms with E-state index in [9.17, 15) is 4.79 Å². The van der Waals surface area contributed by atoms with E-state index in [1.807, 2.05) is 54.6 Å². The van der Waals surface area contributed by atoms with Crippen molar-refractivity contribution >= 4 is 17.0 Å². The molecule has 1 saturated carbocycles. The highest BCUT2D eigenvalue weighted by Crippen LogP contribution is 2.43. The summed E-state index contributed by atoms with van der Waals surface area (Å²) in [6, 6.07) is 17.8. The first kappa shape index (κ1) is 23.3. The number of ether oxygens (including phenoxy) is 3. The van der Waals surface area contributed by atoms with Crippen LogP contribution in [-0.2, 0) is 14.3 Å². The van der Waals surface area contributed by atoms with Gasteiger partial charge >= 0.3 is 0 Å². The molecule has 2 aliphatic heterocycles. The van der Waals surface area contributed by atoms with Gasteiger partial charge in [-0.05, 0) is 44.4 Å². The Morgan fingerprint density at radius 3 is 2.48 bits per heavy atom. The van der Waals surface area contributed by atoms with Gasteiger partial charge in [-0.3, -0.25) is 4.79 Å². The highest BCUT2D eigenvalue weighted by atomic mass is 16.5. The lowest BCUT2D eigenvalue weighted by Crippen LogP contribution is -2.56. The third-order valence-electron chi connectivity index (χ3n) is 6.39. The third-order valence-corrected chi connectivity index (χ3v) is 6.39. The van der Waals surface area contributed by atoms with Crippen LogP contribution in [0.1, 0.15) is 32.3 Å². The van der Waals surface area contributed by atoms with Crippen LogP contribution in [0.25, 0.3) is 5.57 Å². The zero-order valence-corrected chi connectivity index (χ0v) is 19.5. The zero-order valence-electron chi connectivity index (χ0n) is 19.5. The maximum atomic E-state index is 13.3. The molecule has 0 radical (unpaired) electrons. The number of rotatable bonds is 3. The van der Waals surface area contributed by atoms with Gasteiger partial charge in [0.05, 0.1) is 36.7 Å². The van der Waals surface area contributed by atoms with Gasteiger partial charge in [0.2, 0.25) is 0 Å². The largest absolute Gasteiger partial charge is 0.496 e. The number of allylic oxidation sites excluding steroid dienone is 1. The number of fused-ring (bicyclic) bond motifs is 3. The third kappa shape index (κ3) is 5.07. The van der Waals surface area contributed by atoms with Crippen molar-refractivity contribution in [3.05, 3.63) is 66.4 Å². The number of para-hydroxylation sites is 2. The molecule has 1 saturated heterocycles. The number of nitrogens with zero attached hydrogens (tertiary/aromatic N) is 1. The van der Waals surface area contributed by atoms with E-state index in [1.165, 1.54) is 0 Å². The van der Waals surface area contributed by atoms with Crippen LogP contribution < -0.4 is 9.64 Å². The minimum Gasteiger partial charge on any atom is -0.496 e. The fourth-order valence-corrected chi connectivity index (χ4v) is 4.92. The van der Waals surface area contributed by atoms with Gasteiger partial charge in [0.15, 0.2) is 5.78 Å². The van der Waals surface area contributed by atoms with Gasteiger partial charge in [0, 0.05) is 18.6 Å². The number of aliphatic hydroxyl groups is 1. The van der Waals surface area contributed by atoms with Crippen LogP contribution in [-0.4, -0.2) is 49.6 Å². The summed E-state index contributed by atoms with van der Waals surface area (Å²) in [7, 11) is 1.68. The normalized spacial score (nSPS) is 26.3. The molecule has 1 N–H and O–H groups in total. The standard InChI is InChI=1S/C24H25NO4.C3H8O/c1-27-22-10-6-5-9-20(22)25-13-18-21(29-15-25)12-11-17-23(26)19(14-28-24(17)18)16-7-3-2-4-8-16;1-3(2)4/h2-10,14,17-18,21,24H,11-13,15H2,1H3;3-4H,1-2H3. The van der Waals surface area contributed by atoms with Crippen molar-refractivity contribution in [3.8, 4) is 5.75 Å². The highest BCUT2D eigenvalue weighted by molar-refractivity contribution is 6.22. The summed E-state index contributed by atoms with van der Waals surface area (Å²) < 4.78 is 17.9. The summed E-state index contributed by atoms with van der Waals surface area (Å²) in [6.07, 6.45) is 3.18. The number of methoxy groups -OCH3 is 1. The second-order valence-electron chi connectivity index (χ2n) is 9.03. The summed E-state index contributed by atoms with van der Waals surface area (Å²) in [6.45, 7) is 4.76. The Hall–Kier alpha value is -2.83. The topological polar surface area (TPSA) is 68.2 Å². The predicted octanol–water partition coefficient (Wildman–Crippen LogP) is 4.28. The number of Topliss-reactive ketones (excluding diaryl/α,β-unsaturated/α-hetero) is 1. The molecular formula is C27H33NO5. The molecule has 0 spiro atoms. The summed E-state index contributed by atoms with van der Waals surface area (Å²) in [5.41, 5.74) is 2.62. The van der Waals surface area contributed by atoms with Crippen LogP contribution >= 0.6 is 0 Å². The lowest BCUT2D eigenvalue weighted by atomic mass is 9.71. The molecule has 1 aliphatic carbocycles. The van der Waals surface area contributed by atoms with Crippen molar-refractivity contribution in [2.24, 2.45) is 11.8 Å². The molecule has 4 atom stereocenters. The molecule has 176 valence electrons. The molecule has 33 heavy (non-hydrogen) atoms. The number of ketones is 1. The van der Waals surface area contributed by atoms with Gasteiger partial charge in [0.25, 0.3) is 0 Å². The first-order valence-electron chi connectivity index (χ1n) is 11.6. The monoisotopic (exact) mass is 451 g/mol. The second-order valence-corrected chi connectivity index (χ2v) is 9.03. The van der Waals surface area contributed by atoms with E-state index < -0.39 is 0 Å². The summed E-state index contributed by atoms with van der Waals surface area (Å²) in [5.74, 6) is 1.05. The lowest BCUT2D eigenvalue weighted by Gasteiger charge is -2.48. The highest BCUT2D eigenvalue weighted by Gasteiger charge is 2.49. The van der Waals surface area contributed by atoms with E-state index in [4.69, 9.17) is 19.3 Å². The summed E-state index contributed by atoms with van der Waals surface area (Å²) >= 11 is 0. The fraction of sp³-hybridized carbons (Fsp3) is 0.444. The van der Waals surface area contributed by atoms with Crippen molar-refractivity contribution in [1.29, 1.82) is 0 Å². The van der Waals surface area contributed by atoms with Gasteiger partial charge in [-0.2, -0.15) is 0 Å². The molecule has 0 aromatic heterocycles. The SMILES string of the molecule is CC(C)O.COc1ccccc1N1COC2CCC3C(=O)C(c4ccccc4)=COC3C2C1. The number of anilines is 1. The average Bonchev–Trinajstić information content (AvgIpc) is 2.84. The van der Waals surface area contributed by atoms with Gasteiger partial charge in [-0.15, -0.1) is 0 Å². The Labute approximate surface area is 195 Å². The molecule has 4 unspecified atom stereocenters. The zero-order chi connectivity index (χ0) is 23.4. The molecule has 0 amide bonds. The summed E-state index contributed by atoms with van der Waals surface area (Å²) in [5, 5.41) is 8.06. The Morgan fingerprint density at radius 2 is 1.76 bits per heavy atom. The number of hydrogen-bond donors (Lipinski definition) is 1. The van der Waals surface area contributed by atoms with E-state index in [0.717, 1.165) is 36.4 Å². The minimum absolute atomic E-state index is 0.113. The Kier molecular flexibility index (Phi) is 7.36. The number of benzene rings is 2. The molecule has 3 aliphatic rings. The minimum atomic E-state index is -0.167. The van der Waals surface area contributed by atoms with Crippen molar-refractivity contribution in [2.75, 3.05) is 25.3 Å². The Bertz CT molecular complexity index is 971. The Balaban J connectivity index is 0.000000601. The van der Waals surface area contributed by atoms with Gasteiger partial charge in [0.1, 0.15) is 18.6 Å². The van der Waals surface area contributed by atoms with Crippen LogP contribution in [0, 0.1) is 11.8 Å². The van der Waals surface area contributed by atoms with Gasteiger partial charge in [-0.1, -0.05) is 42.5 Å². The maximum Gasteiger partial charge on any atom is 0.173 e. The molecule has 2 heterocycles. The maximum absolute atomic E-state index is 13.3. The first-order valence-corrected chi connectivity index (χ1v) is 11.6. The number of aliphatic hydroxyl groups excluding tert-OH is 1. The van der Waals surface area contributed by atoms with Crippen LogP contribution in [0.5, 0.6) is 5.75 Å². The molecule has 0 bridgehead atoms. The molecule has 5 rings (SSSR count). The number of carbonyl (C=O) groups is 1. The molecule has 2 aromatic carbocycles. The summed E-state index contributed by atoms with van der Waals surface area (Å²) in [4.78, 5) is 15.5. The molecule has 2 fully saturated rings.